The summed E-state index contributed by atoms with van der Waals surface area (Å²) in [6.07, 6.45) is 7.84. The second-order valence-corrected chi connectivity index (χ2v) is 8.24. The van der Waals surface area contributed by atoms with Crippen molar-refractivity contribution in [1.29, 1.82) is 0 Å². The first-order valence-electron chi connectivity index (χ1n) is 10.2. The Morgan fingerprint density at radius 2 is 2.03 bits per heavy atom. The first-order chi connectivity index (χ1) is 13.9. The lowest BCUT2D eigenvalue weighted by atomic mass is 9.98. The molecule has 2 N–H and O–H groups in total. The number of imidazole rings is 1. The second kappa shape index (κ2) is 7.65. The van der Waals surface area contributed by atoms with Gasteiger partial charge in [0.15, 0.2) is 0 Å². The number of hydrogen-bond donors (Lipinski definition) is 2. The Morgan fingerprint density at radius 1 is 1.31 bits per heavy atom. The molecule has 3 aromatic rings. The number of aromatic amines is 1. The zero-order valence-electron chi connectivity index (χ0n) is 17.5. The lowest BCUT2D eigenvalue weighted by molar-refractivity contribution is 0.0695. The summed E-state index contributed by atoms with van der Waals surface area (Å²) in [7, 11) is 4.29. The third-order valence-corrected chi connectivity index (χ3v) is 6.36. The number of pyridine rings is 1. The van der Waals surface area contributed by atoms with Gasteiger partial charge in [-0.15, -0.1) is 0 Å². The van der Waals surface area contributed by atoms with Crippen LogP contribution in [0, 0.1) is 6.92 Å². The molecule has 7 heteroatoms. The average molecular weight is 396 g/mol. The molecular formula is C22H29N5O2. The number of nitrogens with one attached hydrogen (secondary N) is 1. The Hall–Kier alpha value is -2.64. The quantitative estimate of drug-likeness (QED) is 0.692. The van der Waals surface area contributed by atoms with E-state index in [-0.39, 0.29) is 6.04 Å². The lowest BCUT2D eigenvalue weighted by Crippen LogP contribution is -2.43. The molecule has 4 rings (SSSR count). The maximum atomic E-state index is 11.9. The van der Waals surface area contributed by atoms with Crippen molar-refractivity contribution in [2.45, 2.75) is 38.8 Å². The highest BCUT2D eigenvalue weighted by Crippen LogP contribution is 2.32. The molecule has 1 saturated heterocycles. The number of rotatable bonds is 5. The van der Waals surface area contributed by atoms with Gasteiger partial charge in [0.25, 0.3) is 0 Å². The van der Waals surface area contributed by atoms with E-state index < -0.39 is 5.97 Å². The maximum Gasteiger partial charge on any atom is 0.336 e. The molecule has 0 aliphatic carbocycles. The van der Waals surface area contributed by atoms with Crippen LogP contribution < -0.4 is 0 Å². The molecule has 1 atom stereocenters. The Bertz CT molecular complexity index is 1010. The van der Waals surface area contributed by atoms with Crippen LogP contribution in [0.1, 0.15) is 47.4 Å². The van der Waals surface area contributed by atoms with E-state index in [1.54, 1.807) is 18.5 Å². The number of hydrogen-bond acceptors (Lipinski definition) is 4. The van der Waals surface area contributed by atoms with Crippen molar-refractivity contribution in [2.24, 2.45) is 0 Å². The van der Waals surface area contributed by atoms with Gasteiger partial charge < -0.3 is 19.4 Å². The summed E-state index contributed by atoms with van der Waals surface area (Å²) in [5, 5.41) is 9.78. The van der Waals surface area contributed by atoms with Crippen LogP contribution in [0.2, 0.25) is 0 Å². The third-order valence-electron chi connectivity index (χ3n) is 6.36. The molecule has 154 valence electrons. The van der Waals surface area contributed by atoms with Crippen LogP contribution in [0.5, 0.6) is 0 Å². The number of nitrogens with zero attached hydrogens (tertiary/aromatic N) is 4. The van der Waals surface area contributed by atoms with Gasteiger partial charge >= 0.3 is 5.97 Å². The number of H-pyrrole nitrogens is 1. The molecule has 0 saturated carbocycles. The Kier molecular flexibility index (Phi) is 5.19. The zero-order valence-corrected chi connectivity index (χ0v) is 17.5. The number of piperidine rings is 1. The molecule has 0 aromatic carbocycles. The minimum Gasteiger partial charge on any atom is -0.478 e. The molecule has 4 heterocycles. The van der Waals surface area contributed by atoms with Crippen molar-refractivity contribution in [3.63, 3.8) is 0 Å². The van der Waals surface area contributed by atoms with Crippen LogP contribution >= 0.6 is 0 Å². The Morgan fingerprint density at radius 3 is 2.62 bits per heavy atom. The molecule has 1 unspecified atom stereocenters. The zero-order chi connectivity index (χ0) is 20.7. The predicted octanol–water partition coefficient (Wildman–Crippen LogP) is 3.42. The maximum absolute atomic E-state index is 11.9. The van der Waals surface area contributed by atoms with Gasteiger partial charge in [0.2, 0.25) is 0 Å². The van der Waals surface area contributed by atoms with E-state index in [4.69, 9.17) is 0 Å². The molecule has 3 aromatic heterocycles. The average Bonchev–Trinajstić information content (AvgIpc) is 3.36. The highest BCUT2D eigenvalue weighted by Gasteiger charge is 2.28. The van der Waals surface area contributed by atoms with Crippen LogP contribution in [0.25, 0.3) is 16.9 Å². The van der Waals surface area contributed by atoms with Gasteiger partial charge in [-0.25, -0.2) is 9.78 Å². The van der Waals surface area contributed by atoms with Gasteiger partial charge in [-0.3, -0.25) is 4.90 Å². The molecular weight excluding hydrogens is 366 g/mol. The fourth-order valence-electron chi connectivity index (χ4n) is 4.63. The van der Waals surface area contributed by atoms with Crippen molar-refractivity contribution in [2.75, 3.05) is 27.2 Å². The largest absolute Gasteiger partial charge is 0.478 e. The fraction of sp³-hybridized carbons (Fsp3) is 0.455. The van der Waals surface area contributed by atoms with Crippen LogP contribution in [0.4, 0.5) is 0 Å². The van der Waals surface area contributed by atoms with Crippen LogP contribution in [0.15, 0.2) is 30.7 Å². The van der Waals surface area contributed by atoms with E-state index in [2.05, 4.69) is 51.4 Å². The summed E-state index contributed by atoms with van der Waals surface area (Å²) in [4.78, 5) is 24.2. The standard InChI is InChI=1S/C22H29N5O2/c1-14-19(22(28)29)12-18-11-16(21-23-7-8-24-21)13-27(18)20(14)15(2)26-9-5-17(6-10-26)25(3)4/h7-8,11-13,15,17H,5-6,9-10H2,1-4H3,(H,23,24)(H,28,29). The summed E-state index contributed by atoms with van der Waals surface area (Å²) in [5.74, 6) is -0.0980. The van der Waals surface area contributed by atoms with Crippen molar-refractivity contribution in [3.05, 3.63) is 47.5 Å². The molecule has 0 spiro atoms. The molecule has 0 amide bonds. The Labute approximate surface area is 171 Å². The molecule has 1 aliphatic rings. The molecule has 0 bridgehead atoms. The van der Waals surface area contributed by atoms with Crippen LogP contribution in [-0.4, -0.2) is 68.5 Å². The van der Waals surface area contributed by atoms with Crippen LogP contribution in [0.3, 0.4) is 0 Å². The molecule has 1 fully saturated rings. The first-order valence-corrected chi connectivity index (χ1v) is 10.2. The number of aromatic nitrogens is 3. The molecule has 0 radical (unpaired) electrons. The predicted molar refractivity (Wildman–Crippen MR) is 113 cm³/mol. The number of carboxylic acid groups (broad SMARTS) is 1. The van der Waals surface area contributed by atoms with E-state index in [9.17, 15) is 9.90 Å². The smallest absolute Gasteiger partial charge is 0.336 e. The SMILES string of the molecule is Cc1c(C(=O)O)cc2cc(-c3ncc[nH]3)cn2c1C(C)N1CCC(N(C)C)CC1. The number of aromatic carboxylic acids is 1. The third kappa shape index (κ3) is 3.56. The number of fused-ring (bicyclic) bond motifs is 1. The van der Waals surface area contributed by atoms with Crippen molar-refractivity contribution < 1.29 is 9.90 Å². The summed E-state index contributed by atoms with van der Waals surface area (Å²) >= 11 is 0. The molecule has 1 aliphatic heterocycles. The van der Waals surface area contributed by atoms with Gasteiger partial charge in [-0.05, 0) is 58.5 Å². The van der Waals surface area contributed by atoms with Crippen molar-refractivity contribution in [1.82, 2.24) is 24.2 Å². The summed E-state index contributed by atoms with van der Waals surface area (Å²) < 4.78 is 2.14. The first kappa shape index (κ1) is 19.7. The highest BCUT2D eigenvalue weighted by molar-refractivity contribution is 5.91. The monoisotopic (exact) mass is 395 g/mol. The van der Waals surface area contributed by atoms with E-state index in [0.29, 0.717) is 11.6 Å². The summed E-state index contributed by atoms with van der Waals surface area (Å²) in [6.45, 7) is 6.13. The van der Waals surface area contributed by atoms with Crippen LogP contribution in [-0.2, 0) is 0 Å². The van der Waals surface area contributed by atoms with Crippen molar-refractivity contribution in [3.8, 4) is 11.4 Å². The van der Waals surface area contributed by atoms with E-state index in [1.165, 1.54) is 0 Å². The summed E-state index contributed by atoms with van der Waals surface area (Å²) in [5.41, 5.74) is 4.07. The topological polar surface area (TPSA) is 76.9 Å². The number of carboxylic acids is 1. The minimum absolute atomic E-state index is 0.122. The van der Waals surface area contributed by atoms with Crippen molar-refractivity contribution >= 4 is 11.5 Å². The normalized spacial score (nSPS) is 17.3. The number of carbonyl (C=O) groups is 1. The highest BCUT2D eigenvalue weighted by atomic mass is 16.4. The van der Waals surface area contributed by atoms with Gasteiger partial charge in [-0.1, -0.05) is 0 Å². The van der Waals surface area contributed by atoms with Gasteiger partial charge in [0.1, 0.15) is 5.82 Å². The second-order valence-electron chi connectivity index (χ2n) is 8.24. The summed E-state index contributed by atoms with van der Waals surface area (Å²) in [6, 6.07) is 4.50. The minimum atomic E-state index is -0.884. The van der Waals surface area contributed by atoms with E-state index in [1.807, 2.05) is 13.0 Å². The molecule has 29 heavy (non-hydrogen) atoms. The van der Waals surface area contributed by atoms with Gasteiger partial charge in [0, 0.05) is 60.5 Å². The molecule has 7 nitrogen and oxygen atoms in total. The van der Waals surface area contributed by atoms with Gasteiger partial charge in [0.05, 0.1) is 5.56 Å². The lowest BCUT2D eigenvalue weighted by Gasteiger charge is -2.39. The van der Waals surface area contributed by atoms with E-state index in [0.717, 1.165) is 54.1 Å². The Balaban J connectivity index is 1.77. The van der Waals surface area contributed by atoms with Gasteiger partial charge in [-0.2, -0.15) is 0 Å². The fourth-order valence-corrected chi connectivity index (χ4v) is 4.63. The van der Waals surface area contributed by atoms with E-state index >= 15 is 0 Å². The number of likely N-dealkylation sites (tertiary alicyclic amines) is 1.